The van der Waals surface area contributed by atoms with Crippen LogP contribution in [0.5, 0.6) is 0 Å². The van der Waals surface area contributed by atoms with Crippen molar-refractivity contribution in [2.45, 2.75) is 18.6 Å². The van der Waals surface area contributed by atoms with Crippen LogP contribution in [0.3, 0.4) is 0 Å². The number of aliphatic imine (C=N–C) groups is 1. The van der Waals surface area contributed by atoms with Gasteiger partial charge in [0.05, 0.1) is 12.1 Å². The molecule has 0 aliphatic carbocycles. The third-order valence-corrected chi connectivity index (χ3v) is 5.33. The number of aromatic nitrogens is 3. The van der Waals surface area contributed by atoms with E-state index in [2.05, 4.69) is 20.4 Å². The van der Waals surface area contributed by atoms with Crippen LogP contribution in [-0.4, -0.2) is 33.6 Å². The molecule has 0 radical (unpaired) electrons. The first-order valence-corrected chi connectivity index (χ1v) is 10.6. The summed E-state index contributed by atoms with van der Waals surface area (Å²) < 4.78 is 44.8. The number of halogens is 3. The van der Waals surface area contributed by atoms with Crippen molar-refractivity contribution in [3.63, 3.8) is 0 Å². The monoisotopic (exact) mass is 463 g/mol. The van der Waals surface area contributed by atoms with E-state index >= 15 is 0 Å². The molecule has 5 rings (SSSR count). The van der Waals surface area contributed by atoms with Crippen molar-refractivity contribution in [3.05, 3.63) is 96.3 Å². The Hall–Kier alpha value is -4.14. The lowest BCUT2D eigenvalue weighted by Gasteiger charge is -2.07. The van der Waals surface area contributed by atoms with E-state index in [1.165, 1.54) is 23.1 Å². The summed E-state index contributed by atoms with van der Waals surface area (Å²) in [6, 6.07) is 24.0. The Balaban J connectivity index is 1.24. The molecule has 0 unspecified atom stereocenters. The van der Waals surface area contributed by atoms with Gasteiger partial charge in [0.2, 0.25) is 0 Å². The van der Waals surface area contributed by atoms with Gasteiger partial charge in [0.15, 0.2) is 5.82 Å². The molecule has 6 nitrogen and oxygen atoms in total. The third kappa shape index (κ3) is 5.09. The number of rotatable bonds is 5. The molecule has 0 bridgehead atoms. The first-order chi connectivity index (χ1) is 16.4. The van der Waals surface area contributed by atoms with E-state index in [-0.39, 0.29) is 11.6 Å². The van der Waals surface area contributed by atoms with E-state index in [1.54, 1.807) is 12.1 Å². The van der Waals surface area contributed by atoms with Gasteiger partial charge in [-0.15, -0.1) is 5.10 Å². The number of nitrogens with one attached hydrogen (secondary N) is 1. The second-order valence-electron chi connectivity index (χ2n) is 7.85. The maximum Gasteiger partial charge on any atom is 0.393 e. The molecule has 2 heterocycles. The van der Waals surface area contributed by atoms with Gasteiger partial charge in [-0.25, -0.2) is 14.7 Å². The van der Waals surface area contributed by atoms with Crippen LogP contribution < -0.4 is 5.32 Å². The molecule has 0 fully saturated rings. The van der Waals surface area contributed by atoms with Crippen LogP contribution in [0.15, 0.2) is 90.2 Å². The fraction of sp³-hybridized carbons (Fsp3) is 0.160. The number of hydrogen-bond donors (Lipinski definition) is 1. The van der Waals surface area contributed by atoms with Gasteiger partial charge in [-0.05, 0) is 47.5 Å². The van der Waals surface area contributed by atoms with E-state index in [9.17, 15) is 13.2 Å². The van der Waals surface area contributed by atoms with Crippen LogP contribution in [0, 0.1) is 0 Å². The minimum Gasteiger partial charge on any atom is -0.462 e. The zero-order chi connectivity index (χ0) is 23.5. The Morgan fingerprint density at radius 2 is 1.68 bits per heavy atom. The highest BCUT2D eigenvalue weighted by atomic mass is 19.4. The third-order valence-electron chi connectivity index (χ3n) is 5.33. The summed E-state index contributed by atoms with van der Waals surface area (Å²) >= 11 is 0. The fourth-order valence-electron chi connectivity index (χ4n) is 3.63. The van der Waals surface area contributed by atoms with Gasteiger partial charge in [-0.3, -0.25) is 0 Å². The summed E-state index contributed by atoms with van der Waals surface area (Å²) in [5.41, 5.74) is 3.55. The maximum absolute atomic E-state index is 12.5. The number of ether oxygens (including phenoxy) is 1. The first kappa shape index (κ1) is 21.7. The number of amidine groups is 1. The zero-order valence-corrected chi connectivity index (χ0v) is 17.9. The number of nitrogens with zero attached hydrogens (tertiary/aromatic N) is 4. The average Bonchev–Trinajstić information content (AvgIpc) is 3.50. The molecule has 1 aromatic heterocycles. The molecule has 0 saturated heterocycles. The second kappa shape index (κ2) is 9.01. The molecule has 1 aliphatic rings. The van der Waals surface area contributed by atoms with E-state index in [4.69, 9.17) is 4.74 Å². The quantitative estimate of drug-likeness (QED) is 0.420. The molecule has 4 aromatic rings. The lowest BCUT2D eigenvalue weighted by Crippen LogP contribution is -2.11. The Kier molecular flexibility index (Phi) is 5.75. The van der Waals surface area contributed by atoms with Crippen LogP contribution in [-0.2, 0) is 11.2 Å². The van der Waals surface area contributed by atoms with Gasteiger partial charge in [-0.2, -0.15) is 13.2 Å². The number of anilines is 1. The molecule has 1 N–H and O–H groups in total. The highest BCUT2D eigenvalue weighted by Crippen LogP contribution is 2.25. The van der Waals surface area contributed by atoms with Crippen molar-refractivity contribution in [1.82, 2.24) is 14.8 Å². The largest absolute Gasteiger partial charge is 0.462 e. The number of benzene rings is 3. The minimum absolute atomic E-state index is 0.0290. The van der Waals surface area contributed by atoms with Crippen molar-refractivity contribution >= 4 is 11.7 Å². The molecule has 0 amide bonds. The summed E-state index contributed by atoms with van der Waals surface area (Å²) in [6.45, 7) is 0.489. The fourth-order valence-corrected chi connectivity index (χ4v) is 3.63. The second-order valence-corrected chi connectivity index (χ2v) is 7.85. The predicted molar refractivity (Wildman–Crippen MR) is 123 cm³/mol. The van der Waals surface area contributed by atoms with E-state index < -0.39 is 12.6 Å². The Bertz CT molecular complexity index is 1280. The smallest absolute Gasteiger partial charge is 0.393 e. The van der Waals surface area contributed by atoms with Gasteiger partial charge in [0, 0.05) is 11.3 Å². The van der Waals surface area contributed by atoms with E-state index in [0.29, 0.717) is 24.1 Å². The van der Waals surface area contributed by atoms with E-state index in [0.717, 1.165) is 16.8 Å². The normalized spacial score (nSPS) is 15.6. The molecule has 1 aliphatic heterocycles. The first-order valence-electron chi connectivity index (χ1n) is 10.6. The number of alkyl halides is 3. The van der Waals surface area contributed by atoms with Gasteiger partial charge < -0.3 is 10.1 Å². The molecule has 3 aromatic carbocycles. The number of hydrogen-bond acceptors (Lipinski definition) is 5. The summed E-state index contributed by atoms with van der Waals surface area (Å²) in [7, 11) is 0. The molecule has 34 heavy (non-hydrogen) atoms. The molecule has 9 heteroatoms. The van der Waals surface area contributed by atoms with E-state index in [1.807, 2.05) is 54.6 Å². The molecule has 172 valence electrons. The van der Waals surface area contributed by atoms with Gasteiger partial charge in [0.1, 0.15) is 19.0 Å². The average molecular weight is 463 g/mol. The lowest BCUT2D eigenvalue weighted by atomic mass is 10.1. The van der Waals surface area contributed by atoms with Crippen LogP contribution >= 0.6 is 0 Å². The van der Waals surface area contributed by atoms with Crippen molar-refractivity contribution in [2.24, 2.45) is 4.99 Å². The summed E-state index contributed by atoms with van der Waals surface area (Å²) in [4.78, 5) is 8.91. The predicted octanol–water partition coefficient (Wildman–Crippen LogP) is 5.58. The van der Waals surface area contributed by atoms with Gasteiger partial charge in [-0.1, -0.05) is 42.5 Å². The van der Waals surface area contributed by atoms with Crippen molar-refractivity contribution in [1.29, 1.82) is 0 Å². The molecule has 0 spiro atoms. The Labute approximate surface area is 193 Å². The molecule has 1 atom stereocenters. The van der Waals surface area contributed by atoms with Gasteiger partial charge >= 0.3 is 6.18 Å². The summed E-state index contributed by atoms with van der Waals surface area (Å²) in [5, 5.41) is 7.62. The highest BCUT2D eigenvalue weighted by molar-refractivity contribution is 5.90. The van der Waals surface area contributed by atoms with Crippen molar-refractivity contribution < 1.29 is 17.9 Å². The van der Waals surface area contributed by atoms with Crippen LogP contribution in [0.25, 0.3) is 17.1 Å². The Morgan fingerprint density at radius 3 is 2.38 bits per heavy atom. The Morgan fingerprint density at radius 1 is 0.941 bits per heavy atom. The van der Waals surface area contributed by atoms with Crippen LogP contribution in [0.1, 0.15) is 17.2 Å². The minimum atomic E-state index is -4.23. The molecular weight excluding hydrogens is 443 g/mol. The zero-order valence-electron chi connectivity index (χ0n) is 17.9. The standard InChI is InChI=1S/C25H20F3N5O/c26-25(27,28)14-17-6-12-21(13-7-17)33-16-29-23(32-33)19-8-10-20(11-9-19)30-24-31-22(15-34-24)18-4-2-1-3-5-18/h1-13,16,22H,14-15H2,(H,30,31)/t22-/m0/s1. The highest BCUT2D eigenvalue weighted by Gasteiger charge is 2.27. The molecular formula is C25H20F3N5O. The summed E-state index contributed by atoms with van der Waals surface area (Å²) in [6.07, 6.45) is -3.66. The maximum atomic E-state index is 12.5. The van der Waals surface area contributed by atoms with Crippen LogP contribution in [0.2, 0.25) is 0 Å². The summed E-state index contributed by atoms with van der Waals surface area (Å²) in [5.74, 6) is 0.504. The topological polar surface area (TPSA) is 64.3 Å². The van der Waals surface area contributed by atoms with Crippen molar-refractivity contribution in [2.75, 3.05) is 11.9 Å². The molecule has 0 saturated carbocycles. The lowest BCUT2D eigenvalue weighted by molar-refractivity contribution is -0.127. The van der Waals surface area contributed by atoms with Gasteiger partial charge in [0.25, 0.3) is 6.02 Å². The van der Waals surface area contributed by atoms with Crippen LogP contribution in [0.4, 0.5) is 18.9 Å². The van der Waals surface area contributed by atoms with Crippen molar-refractivity contribution in [3.8, 4) is 17.1 Å². The SMILES string of the molecule is FC(F)(F)Cc1ccc(-n2cnc(-c3ccc(NC4=N[C@H](c5ccccc5)CO4)cc3)n2)cc1.